The Kier molecular flexibility index (Phi) is 4.10. The van der Waals surface area contributed by atoms with Crippen LogP contribution in [-0.2, 0) is 4.79 Å². The molecule has 1 atom stereocenters. The van der Waals surface area contributed by atoms with E-state index in [1.165, 1.54) is 6.92 Å². The number of hydrogen-bond donors (Lipinski definition) is 2. The van der Waals surface area contributed by atoms with Gasteiger partial charge in [0, 0.05) is 12.5 Å². The molecule has 0 fully saturated rings. The third-order valence-electron chi connectivity index (χ3n) is 2.11. The number of nitrogens with two attached hydrogens (primary N) is 1. The molecule has 1 rings (SSSR count). The molecule has 8 heteroatoms. The minimum absolute atomic E-state index is 0.320. The number of anilines is 1. The fourth-order valence-corrected chi connectivity index (χ4v) is 1.33. The quantitative estimate of drug-likeness (QED) is 0.499. The van der Waals surface area contributed by atoms with Crippen LogP contribution < -0.4 is 11.1 Å². The summed E-state index contributed by atoms with van der Waals surface area (Å²) < 4.78 is 64.8. The highest BCUT2D eigenvalue weighted by molar-refractivity contribution is 5.74. The largest absolute Gasteiger partial charge is 0.377 e. The summed E-state index contributed by atoms with van der Waals surface area (Å²) in [7, 11) is 0. The predicted molar refractivity (Wildman–Crippen MR) is 53.1 cm³/mol. The molecule has 3 N–H and O–H groups in total. The van der Waals surface area contributed by atoms with E-state index in [-0.39, 0.29) is 6.42 Å². The molecule has 0 radical (unpaired) electrons. The van der Waals surface area contributed by atoms with Gasteiger partial charge in [0.05, 0.1) is 0 Å². The van der Waals surface area contributed by atoms with E-state index in [2.05, 4.69) is 0 Å². The minimum Gasteiger partial charge on any atom is -0.377 e. The zero-order chi connectivity index (χ0) is 14.0. The third-order valence-corrected chi connectivity index (χ3v) is 2.11. The van der Waals surface area contributed by atoms with E-state index in [0.717, 1.165) is 0 Å². The van der Waals surface area contributed by atoms with Gasteiger partial charge in [0.25, 0.3) is 0 Å². The molecule has 0 saturated heterocycles. The molecule has 3 nitrogen and oxygen atoms in total. The molecule has 1 unspecified atom stereocenters. The summed E-state index contributed by atoms with van der Waals surface area (Å²) in [5.74, 6) is -11.1. The molecule has 1 amide bonds. The number of nitrogens with one attached hydrogen (secondary N) is 1. The smallest absolute Gasteiger partial charge is 0.219 e. The molecule has 0 spiro atoms. The molecular weight excluding hydrogens is 259 g/mol. The van der Waals surface area contributed by atoms with E-state index in [4.69, 9.17) is 5.73 Å². The average molecular weight is 268 g/mol. The summed E-state index contributed by atoms with van der Waals surface area (Å²) in [4.78, 5) is 10.5. The van der Waals surface area contributed by atoms with Crippen LogP contribution in [0.5, 0.6) is 0 Å². The Morgan fingerprint density at radius 2 is 1.44 bits per heavy atom. The highest BCUT2D eigenvalue weighted by atomic mass is 19.2. The monoisotopic (exact) mass is 268 g/mol. The molecule has 0 heterocycles. The highest BCUT2D eigenvalue weighted by Gasteiger charge is 2.26. The highest BCUT2D eigenvalue weighted by Crippen LogP contribution is 2.27. The second-order valence-electron chi connectivity index (χ2n) is 3.66. The predicted octanol–water partition coefficient (Wildman–Crippen LogP) is 2.06. The fourth-order valence-electron chi connectivity index (χ4n) is 1.33. The van der Waals surface area contributed by atoms with Gasteiger partial charge in [0.2, 0.25) is 11.7 Å². The lowest BCUT2D eigenvalue weighted by atomic mass is 10.2. The molecule has 0 aliphatic heterocycles. The topological polar surface area (TPSA) is 55.1 Å². The van der Waals surface area contributed by atoms with Crippen molar-refractivity contribution in [1.82, 2.24) is 0 Å². The third kappa shape index (κ3) is 2.69. The van der Waals surface area contributed by atoms with Gasteiger partial charge in [0.15, 0.2) is 23.3 Å². The standard InChI is InChI=1S/C10H9F5N2O/c1-3(2-4(16)18)17-10-8(14)6(12)5(11)7(13)9(10)15/h3,17H,2H2,1H3,(H2,16,18). The Bertz CT molecular complexity index is 463. The minimum atomic E-state index is -2.24. The van der Waals surface area contributed by atoms with E-state index >= 15 is 0 Å². The van der Waals surface area contributed by atoms with Crippen molar-refractivity contribution in [3.8, 4) is 0 Å². The van der Waals surface area contributed by atoms with Crippen molar-refractivity contribution in [3.63, 3.8) is 0 Å². The summed E-state index contributed by atoms with van der Waals surface area (Å²) in [6.45, 7) is 1.31. The second kappa shape index (κ2) is 5.19. The van der Waals surface area contributed by atoms with Crippen LogP contribution in [0.1, 0.15) is 13.3 Å². The van der Waals surface area contributed by atoms with E-state index in [9.17, 15) is 26.7 Å². The molecular formula is C10H9F5N2O. The number of benzene rings is 1. The number of carbonyl (C=O) groups is 1. The zero-order valence-electron chi connectivity index (χ0n) is 9.16. The van der Waals surface area contributed by atoms with Gasteiger partial charge in [-0.1, -0.05) is 0 Å². The summed E-state index contributed by atoms with van der Waals surface area (Å²) in [6.07, 6.45) is -0.320. The molecule has 1 aromatic carbocycles. The van der Waals surface area contributed by atoms with Crippen molar-refractivity contribution >= 4 is 11.6 Å². The molecule has 0 saturated carbocycles. The maximum atomic E-state index is 13.2. The van der Waals surface area contributed by atoms with Gasteiger partial charge in [-0.25, -0.2) is 22.0 Å². The van der Waals surface area contributed by atoms with Gasteiger partial charge in [0.1, 0.15) is 5.69 Å². The van der Waals surface area contributed by atoms with E-state index < -0.39 is 46.7 Å². The lowest BCUT2D eigenvalue weighted by Crippen LogP contribution is -2.25. The number of hydrogen-bond acceptors (Lipinski definition) is 2. The maximum Gasteiger partial charge on any atom is 0.219 e. The summed E-state index contributed by atoms with van der Waals surface area (Å²) in [5, 5.41) is 2.02. The first-order valence-corrected chi connectivity index (χ1v) is 4.82. The first kappa shape index (κ1) is 14.2. The Hall–Kier alpha value is -1.86. The van der Waals surface area contributed by atoms with Crippen LogP contribution in [0.2, 0.25) is 0 Å². The van der Waals surface area contributed by atoms with Crippen molar-refractivity contribution in [1.29, 1.82) is 0 Å². The van der Waals surface area contributed by atoms with E-state index in [0.29, 0.717) is 0 Å². The Morgan fingerprint density at radius 1 is 1.06 bits per heavy atom. The lowest BCUT2D eigenvalue weighted by Gasteiger charge is -2.15. The molecule has 0 aliphatic carbocycles. The molecule has 1 aromatic rings. The van der Waals surface area contributed by atoms with Gasteiger partial charge >= 0.3 is 0 Å². The fraction of sp³-hybridized carbons (Fsp3) is 0.300. The van der Waals surface area contributed by atoms with Crippen LogP contribution in [0, 0.1) is 29.1 Å². The summed E-state index contributed by atoms with van der Waals surface area (Å²) in [5.41, 5.74) is 3.65. The number of carbonyl (C=O) groups excluding carboxylic acids is 1. The van der Waals surface area contributed by atoms with Crippen LogP contribution in [-0.4, -0.2) is 11.9 Å². The van der Waals surface area contributed by atoms with Crippen molar-refractivity contribution < 1.29 is 26.7 Å². The van der Waals surface area contributed by atoms with Gasteiger partial charge in [-0.2, -0.15) is 0 Å². The average Bonchev–Trinajstić information content (AvgIpc) is 2.29. The summed E-state index contributed by atoms with van der Waals surface area (Å²) >= 11 is 0. The first-order chi connectivity index (χ1) is 8.25. The number of halogens is 5. The molecule has 100 valence electrons. The summed E-state index contributed by atoms with van der Waals surface area (Å²) in [6, 6.07) is -0.879. The number of rotatable bonds is 4. The van der Waals surface area contributed by atoms with E-state index in [1.807, 2.05) is 5.32 Å². The van der Waals surface area contributed by atoms with Gasteiger partial charge in [-0.15, -0.1) is 0 Å². The number of primary amides is 1. The Morgan fingerprint density at radius 3 is 1.83 bits per heavy atom. The van der Waals surface area contributed by atoms with Crippen LogP contribution >= 0.6 is 0 Å². The van der Waals surface area contributed by atoms with Crippen molar-refractivity contribution in [2.45, 2.75) is 19.4 Å². The zero-order valence-corrected chi connectivity index (χ0v) is 9.16. The SMILES string of the molecule is CC(CC(N)=O)Nc1c(F)c(F)c(F)c(F)c1F. The Balaban J connectivity index is 3.13. The number of amides is 1. The van der Waals surface area contributed by atoms with E-state index in [1.54, 1.807) is 0 Å². The lowest BCUT2D eigenvalue weighted by molar-refractivity contribution is -0.118. The van der Waals surface area contributed by atoms with Gasteiger partial charge in [-0.05, 0) is 6.92 Å². The first-order valence-electron chi connectivity index (χ1n) is 4.82. The molecule has 0 bridgehead atoms. The van der Waals surface area contributed by atoms with Gasteiger partial charge in [-0.3, -0.25) is 4.79 Å². The van der Waals surface area contributed by atoms with Crippen molar-refractivity contribution in [2.24, 2.45) is 5.73 Å². The Labute approximate surface area is 98.8 Å². The second-order valence-corrected chi connectivity index (χ2v) is 3.66. The van der Waals surface area contributed by atoms with Crippen LogP contribution in [0.3, 0.4) is 0 Å². The normalized spacial score (nSPS) is 12.3. The van der Waals surface area contributed by atoms with Crippen LogP contribution in [0.25, 0.3) is 0 Å². The molecule has 18 heavy (non-hydrogen) atoms. The molecule has 0 aliphatic rings. The molecule has 0 aromatic heterocycles. The maximum absolute atomic E-state index is 13.2. The van der Waals surface area contributed by atoms with Crippen LogP contribution in [0.4, 0.5) is 27.6 Å². The van der Waals surface area contributed by atoms with Gasteiger partial charge < -0.3 is 11.1 Å². The van der Waals surface area contributed by atoms with Crippen molar-refractivity contribution in [2.75, 3.05) is 5.32 Å². The van der Waals surface area contributed by atoms with Crippen molar-refractivity contribution in [3.05, 3.63) is 29.1 Å². The van der Waals surface area contributed by atoms with Crippen LogP contribution in [0.15, 0.2) is 0 Å².